The maximum atomic E-state index is 13.6. The van der Waals surface area contributed by atoms with Crippen LogP contribution in [0.25, 0.3) is 0 Å². The first-order valence-electron chi connectivity index (χ1n) is 12.7. The van der Waals surface area contributed by atoms with Crippen molar-refractivity contribution in [3.8, 4) is 0 Å². The third kappa shape index (κ3) is 8.88. The minimum Gasteiger partial charge on any atom is -0.355 e. The zero-order valence-corrected chi connectivity index (χ0v) is 22.8. The van der Waals surface area contributed by atoms with Crippen molar-refractivity contribution in [2.75, 3.05) is 23.7 Å². The van der Waals surface area contributed by atoms with Crippen molar-refractivity contribution in [2.24, 2.45) is 0 Å². The second-order valence-electron chi connectivity index (χ2n) is 9.16. The minimum atomic E-state index is -3.69. The lowest BCUT2D eigenvalue weighted by molar-refractivity contribution is -0.141. The molecule has 3 rings (SSSR count). The smallest absolute Gasteiger partial charge is 0.243 e. The number of nitrogens with zero attached hydrogens (tertiary/aromatic N) is 2. The van der Waals surface area contributed by atoms with Gasteiger partial charge in [0.15, 0.2) is 0 Å². The van der Waals surface area contributed by atoms with Gasteiger partial charge in [-0.3, -0.25) is 13.9 Å². The number of sulfonamides is 1. The third-order valence-electron chi connectivity index (χ3n) is 6.16. The van der Waals surface area contributed by atoms with E-state index in [4.69, 9.17) is 0 Å². The van der Waals surface area contributed by atoms with E-state index in [1.165, 1.54) is 41.3 Å². The van der Waals surface area contributed by atoms with E-state index in [1.807, 2.05) is 30.3 Å². The molecule has 3 aromatic carbocycles. The molecule has 1 N–H and O–H groups in total. The summed E-state index contributed by atoms with van der Waals surface area (Å²) in [6.45, 7) is 2.23. The molecule has 2 amide bonds. The van der Waals surface area contributed by atoms with E-state index in [-0.39, 0.29) is 44.2 Å². The molecular formula is C29H33F2N3O4S. The van der Waals surface area contributed by atoms with Gasteiger partial charge in [-0.2, -0.15) is 0 Å². The highest BCUT2D eigenvalue weighted by molar-refractivity contribution is 7.92. The van der Waals surface area contributed by atoms with Gasteiger partial charge in [-0.1, -0.05) is 42.5 Å². The highest BCUT2D eigenvalue weighted by Gasteiger charge is 2.30. The van der Waals surface area contributed by atoms with Crippen LogP contribution >= 0.6 is 0 Å². The van der Waals surface area contributed by atoms with Crippen molar-refractivity contribution in [3.63, 3.8) is 0 Å². The second kappa shape index (κ2) is 13.8. The predicted octanol–water partition coefficient (Wildman–Crippen LogP) is 4.29. The Morgan fingerprint density at radius 1 is 0.872 bits per heavy atom. The minimum absolute atomic E-state index is 0.00883. The Hall–Kier alpha value is -3.79. The van der Waals surface area contributed by atoms with E-state index < -0.39 is 27.7 Å². The molecule has 0 bridgehead atoms. The lowest BCUT2D eigenvalue weighted by Gasteiger charge is -2.32. The van der Waals surface area contributed by atoms with Gasteiger partial charge in [-0.05, 0) is 60.9 Å². The van der Waals surface area contributed by atoms with E-state index in [1.54, 1.807) is 19.1 Å². The van der Waals surface area contributed by atoms with Crippen LogP contribution < -0.4 is 9.62 Å². The fourth-order valence-corrected chi connectivity index (χ4v) is 5.21. The molecule has 208 valence electrons. The molecule has 1 atom stereocenters. The summed E-state index contributed by atoms with van der Waals surface area (Å²) in [5.74, 6) is -1.57. The number of amides is 2. The normalized spacial score (nSPS) is 12.0. The summed E-state index contributed by atoms with van der Waals surface area (Å²) in [6, 6.07) is 19.3. The standard InChI is InChI=1S/C29H33F2N3O4S/c1-3-32-29(36)27(20-22-8-5-4-6-9-22)33(21-23-11-13-24(30)14-12-23)28(35)10-7-19-34(39(2,37)38)26-17-15-25(31)16-18-26/h4-6,8-9,11-18,27H,3,7,10,19-21H2,1-2H3,(H,32,36). The molecule has 0 saturated heterocycles. The van der Waals surface area contributed by atoms with Gasteiger partial charge in [0.1, 0.15) is 17.7 Å². The number of carbonyl (C=O) groups is 2. The summed E-state index contributed by atoms with van der Waals surface area (Å²) < 4.78 is 52.9. The quantitative estimate of drug-likeness (QED) is 0.340. The Morgan fingerprint density at radius 3 is 2.03 bits per heavy atom. The van der Waals surface area contributed by atoms with E-state index in [2.05, 4.69) is 5.32 Å². The molecule has 0 radical (unpaired) electrons. The Kier molecular flexibility index (Phi) is 10.6. The van der Waals surface area contributed by atoms with Gasteiger partial charge in [0.2, 0.25) is 21.8 Å². The van der Waals surface area contributed by atoms with Crippen molar-refractivity contribution in [2.45, 2.75) is 38.8 Å². The van der Waals surface area contributed by atoms with Gasteiger partial charge in [0.25, 0.3) is 0 Å². The number of likely N-dealkylation sites (N-methyl/N-ethyl adjacent to an activating group) is 1. The molecule has 0 heterocycles. The monoisotopic (exact) mass is 557 g/mol. The van der Waals surface area contributed by atoms with Crippen LogP contribution in [0.1, 0.15) is 30.9 Å². The number of rotatable bonds is 13. The molecule has 0 aliphatic heterocycles. The van der Waals surface area contributed by atoms with Crippen LogP contribution in [0.15, 0.2) is 78.9 Å². The summed E-state index contributed by atoms with van der Waals surface area (Å²) in [5, 5.41) is 2.81. The molecule has 0 saturated carbocycles. The van der Waals surface area contributed by atoms with Gasteiger partial charge >= 0.3 is 0 Å². The highest BCUT2D eigenvalue weighted by Crippen LogP contribution is 2.20. The summed E-state index contributed by atoms with van der Waals surface area (Å²) in [4.78, 5) is 28.3. The predicted molar refractivity (Wildman–Crippen MR) is 147 cm³/mol. The van der Waals surface area contributed by atoms with E-state index >= 15 is 0 Å². The molecule has 39 heavy (non-hydrogen) atoms. The Balaban J connectivity index is 1.85. The summed E-state index contributed by atoms with van der Waals surface area (Å²) in [6.07, 6.45) is 1.43. The SMILES string of the molecule is CCNC(=O)C(Cc1ccccc1)N(Cc1ccc(F)cc1)C(=O)CCCN(c1ccc(F)cc1)S(C)(=O)=O. The molecule has 0 aromatic heterocycles. The molecule has 0 aliphatic carbocycles. The first-order chi connectivity index (χ1) is 18.6. The van der Waals surface area contributed by atoms with Crippen molar-refractivity contribution in [1.82, 2.24) is 10.2 Å². The van der Waals surface area contributed by atoms with Crippen LogP contribution in [0.3, 0.4) is 0 Å². The largest absolute Gasteiger partial charge is 0.355 e. The molecule has 10 heteroatoms. The maximum absolute atomic E-state index is 13.6. The Morgan fingerprint density at radius 2 is 1.46 bits per heavy atom. The van der Waals surface area contributed by atoms with Crippen LogP contribution in [0, 0.1) is 11.6 Å². The number of hydrogen-bond acceptors (Lipinski definition) is 4. The lowest BCUT2D eigenvalue weighted by Crippen LogP contribution is -2.50. The van der Waals surface area contributed by atoms with Crippen molar-refractivity contribution < 1.29 is 26.8 Å². The van der Waals surface area contributed by atoms with Gasteiger partial charge in [-0.25, -0.2) is 17.2 Å². The summed E-state index contributed by atoms with van der Waals surface area (Å²) in [5.41, 5.74) is 1.81. The van der Waals surface area contributed by atoms with Gasteiger partial charge < -0.3 is 10.2 Å². The fourth-order valence-electron chi connectivity index (χ4n) is 4.24. The average molecular weight is 558 g/mol. The van der Waals surface area contributed by atoms with E-state index in [0.717, 1.165) is 16.1 Å². The van der Waals surface area contributed by atoms with Crippen LogP contribution in [-0.4, -0.2) is 50.5 Å². The van der Waals surface area contributed by atoms with Gasteiger partial charge in [-0.15, -0.1) is 0 Å². The third-order valence-corrected chi connectivity index (χ3v) is 7.35. The first-order valence-corrected chi connectivity index (χ1v) is 14.5. The number of carbonyl (C=O) groups excluding carboxylic acids is 2. The number of halogens is 2. The zero-order chi connectivity index (χ0) is 28.4. The number of anilines is 1. The summed E-state index contributed by atoms with van der Waals surface area (Å²) >= 11 is 0. The molecule has 0 aliphatic rings. The molecule has 0 fully saturated rings. The van der Waals surface area contributed by atoms with Crippen LogP contribution in [0.4, 0.5) is 14.5 Å². The maximum Gasteiger partial charge on any atom is 0.243 e. The number of hydrogen-bond donors (Lipinski definition) is 1. The van der Waals surface area contributed by atoms with Crippen molar-refractivity contribution >= 4 is 27.5 Å². The molecule has 7 nitrogen and oxygen atoms in total. The van der Waals surface area contributed by atoms with Crippen LogP contribution in [-0.2, 0) is 32.6 Å². The van der Waals surface area contributed by atoms with Gasteiger partial charge in [0.05, 0.1) is 11.9 Å². The number of benzene rings is 3. The number of nitrogens with one attached hydrogen (secondary N) is 1. The first kappa shape index (κ1) is 29.8. The van der Waals surface area contributed by atoms with Crippen LogP contribution in [0.2, 0.25) is 0 Å². The molecular weight excluding hydrogens is 524 g/mol. The van der Waals surface area contributed by atoms with Gasteiger partial charge in [0, 0.05) is 32.5 Å². The Bertz CT molecular complexity index is 1340. The summed E-state index contributed by atoms with van der Waals surface area (Å²) in [7, 11) is -3.69. The average Bonchev–Trinajstić information content (AvgIpc) is 2.90. The fraction of sp³-hybridized carbons (Fsp3) is 0.310. The van der Waals surface area contributed by atoms with Crippen molar-refractivity contribution in [1.29, 1.82) is 0 Å². The Labute approximate surface area is 228 Å². The van der Waals surface area contributed by atoms with E-state index in [9.17, 15) is 26.8 Å². The second-order valence-corrected chi connectivity index (χ2v) is 11.1. The topological polar surface area (TPSA) is 86.8 Å². The van der Waals surface area contributed by atoms with Crippen molar-refractivity contribution in [3.05, 3.63) is 102 Å². The highest BCUT2D eigenvalue weighted by atomic mass is 32.2. The van der Waals surface area contributed by atoms with Crippen LogP contribution in [0.5, 0.6) is 0 Å². The lowest BCUT2D eigenvalue weighted by atomic mass is 10.0. The zero-order valence-electron chi connectivity index (χ0n) is 22.0. The molecule has 1 unspecified atom stereocenters. The molecule has 0 spiro atoms. The van der Waals surface area contributed by atoms with E-state index in [0.29, 0.717) is 17.8 Å². The molecule has 3 aromatic rings.